The molecule has 1 fully saturated rings. The summed E-state index contributed by atoms with van der Waals surface area (Å²) in [7, 11) is 0. The Bertz CT molecular complexity index is 831. The van der Waals surface area contributed by atoms with E-state index in [-0.39, 0.29) is 12.4 Å². The van der Waals surface area contributed by atoms with Crippen LogP contribution in [-0.4, -0.2) is 60.4 Å². The van der Waals surface area contributed by atoms with Crippen molar-refractivity contribution in [2.45, 2.75) is 37.0 Å². The maximum Gasteiger partial charge on any atom is 0.287 e. The van der Waals surface area contributed by atoms with Gasteiger partial charge in [-0.05, 0) is 11.6 Å². The lowest BCUT2D eigenvalue weighted by atomic mass is 10.1. The molecule has 2 heterocycles. The van der Waals surface area contributed by atoms with Gasteiger partial charge < -0.3 is 36.2 Å². The molecule has 2 aromatic rings. The van der Waals surface area contributed by atoms with Gasteiger partial charge in [-0.2, -0.15) is 0 Å². The fraction of sp³-hybridized carbons (Fsp3) is 0.375. The molecule has 0 spiro atoms. The van der Waals surface area contributed by atoms with Gasteiger partial charge in [-0.15, -0.1) is 0 Å². The van der Waals surface area contributed by atoms with Gasteiger partial charge >= 0.3 is 0 Å². The number of ether oxygens (including phenoxy) is 1. The molecule has 0 aliphatic carbocycles. The molecule has 1 aliphatic heterocycles. The Morgan fingerprint density at radius 1 is 1.44 bits per heavy atom. The van der Waals surface area contributed by atoms with Crippen molar-refractivity contribution in [1.82, 2.24) is 14.9 Å². The number of aromatic nitrogens is 2. The van der Waals surface area contributed by atoms with Crippen LogP contribution in [-0.2, 0) is 17.2 Å². The number of aliphatic hydroxyl groups is 4. The molecule has 0 bridgehead atoms. The summed E-state index contributed by atoms with van der Waals surface area (Å²) in [6.07, 6.45) is -4.31. The van der Waals surface area contributed by atoms with Crippen LogP contribution in [0.3, 0.4) is 0 Å². The molecule has 1 aromatic carbocycles. The van der Waals surface area contributed by atoms with E-state index in [2.05, 4.69) is 10.3 Å². The molecule has 1 amide bonds. The number of carbonyl (C=O) groups excluding carboxylic acids is 1. The number of benzene rings is 1. The molecule has 5 atom stereocenters. The van der Waals surface area contributed by atoms with Crippen molar-refractivity contribution in [1.29, 1.82) is 0 Å². The number of nitrogens with one attached hydrogen (secondary N) is 1. The maximum atomic E-state index is 12.5. The molecule has 1 saturated heterocycles. The van der Waals surface area contributed by atoms with Crippen molar-refractivity contribution in [3.05, 3.63) is 53.1 Å². The van der Waals surface area contributed by atoms with Gasteiger partial charge in [0.05, 0.1) is 0 Å². The first kappa shape index (κ1) is 19.7. The van der Waals surface area contributed by atoms with E-state index in [1.807, 2.05) is 0 Å². The van der Waals surface area contributed by atoms with E-state index in [4.69, 9.17) is 22.1 Å². The summed E-state index contributed by atoms with van der Waals surface area (Å²) in [5, 5.41) is 43.3. The van der Waals surface area contributed by atoms with Gasteiger partial charge in [-0.1, -0.05) is 29.8 Å². The highest BCUT2D eigenvalue weighted by Crippen LogP contribution is 2.35. The third-order valence-electron chi connectivity index (χ3n) is 4.28. The molecule has 10 nitrogen and oxygen atoms in total. The third kappa shape index (κ3) is 3.56. The standard InChI is InChI=1S/C16H19ClN4O6/c17-9-4-2-1-3-8(9)7-20-15(25)14-19-5-6-21(14)16(26)12(23)10(22)11(27-16)13(18)24/h1-6,10-13,22-24,26H,7,18H2,(H,20,25)/t10-,11+,12-,13?,16-/m1/s1. The number of aliphatic hydroxyl groups excluding tert-OH is 3. The minimum absolute atomic E-state index is 0.0972. The van der Waals surface area contributed by atoms with Crippen LogP contribution in [0, 0.1) is 0 Å². The summed E-state index contributed by atoms with van der Waals surface area (Å²) in [5.74, 6) is -3.52. The smallest absolute Gasteiger partial charge is 0.287 e. The lowest BCUT2D eigenvalue weighted by Crippen LogP contribution is -2.47. The van der Waals surface area contributed by atoms with Gasteiger partial charge in [0.2, 0.25) is 5.82 Å². The van der Waals surface area contributed by atoms with Gasteiger partial charge in [0.25, 0.3) is 11.8 Å². The fourth-order valence-electron chi connectivity index (χ4n) is 2.84. The van der Waals surface area contributed by atoms with E-state index >= 15 is 0 Å². The van der Waals surface area contributed by atoms with Crippen LogP contribution < -0.4 is 11.1 Å². The van der Waals surface area contributed by atoms with Crippen LogP contribution in [0.5, 0.6) is 0 Å². The molecule has 27 heavy (non-hydrogen) atoms. The molecule has 7 N–H and O–H groups in total. The zero-order chi connectivity index (χ0) is 19.8. The van der Waals surface area contributed by atoms with Crippen molar-refractivity contribution >= 4 is 17.5 Å². The summed E-state index contributed by atoms with van der Waals surface area (Å²) in [5.41, 5.74) is 5.95. The van der Waals surface area contributed by atoms with E-state index < -0.39 is 36.4 Å². The molecule has 1 aromatic heterocycles. The van der Waals surface area contributed by atoms with E-state index in [1.54, 1.807) is 24.3 Å². The number of amides is 1. The van der Waals surface area contributed by atoms with E-state index in [1.165, 1.54) is 12.4 Å². The SMILES string of the molecule is NC(O)[C@H]1O[C@@](O)(n2ccnc2C(=O)NCc2ccccc2Cl)[C@H](O)[C@@H]1O. The first-order chi connectivity index (χ1) is 12.8. The van der Waals surface area contributed by atoms with Gasteiger partial charge in [0.15, 0.2) is 6.10 Å². The second kappa shape index (κ2) is 7.52. The van der Waals surface area contributed by atoms with Crippen LogP contribution in [0.25, 0.3) is 0 Å². The predicted molar refractivity (Wildman–Crippen MR) is 92.1 cm³/mol. The van der Waals surface area contributed by atoms with E-state index in [0.29, 0.717) is 10.6 Å². The third-order valence-corrected chi connectivity index (χ3v) is 4.65. The molecular formula is C16H19ClN4O6. The van der Waals surface area contributed by atoms with Crippen LogP contribution in [0.4, 0.5) is 0 Å². The molecule has 3 rings (SSSR count). The van der Waals surface area contributed by atoms with Crippen molar-refractivity contribution in [3.63, 3.8) is 0 Å². The van der Waals surface area contributed by atoms with E-state index in [0.717, 1.165) is 4.57 Å². The topological polar surface area (TPSA) is 163 Å². The molecule has 1 unspecified atom stereocenters. The monoisotopic (exact) mass is 398 g/mol. The summed E-state index contributed by atoms with van der Waals surface area (Å²) in [6.45, 7) is 0.0972. The second-order valence-corrected chi connectivity index (χ2v) is 6.47. The summed E-state index contributed by atoms with van der Waals surface area (Å²) >= 11 is 6.04. The average Bonchev–Trinajstić information content (AvgIpc) is 3.21. The normalized spacial score (nSPS) is 28.9. The van der Waals surface area contributed by atoms with Gasteiger partial charge in [-0.25, -0.2) is 4.98 Å². The van der Waals surface area contributed by atoms with Crippen molar-refractivity contribution in [2.75, 3.05) is 0 Å². The summed E-state index contributed by atoms with van der Waals surface area (Å²) in [6, 6.07) is 6.92. The van der Waals surface area contributed by atoms with Crippen LogP contribution in [0.2, 0.25) is 5.02 Å². The molecular weight excluding hydrogens is 380 g/mol. The Morgan fingerprint density at radius 2 is 2.15 bits per heavy atom. The van der Waals surface area contributed by atoms with Gasteiger partial charge in [-0.3, -0.25) is 9.36 Å². The zero-order valence-corrected chi connectivity index (χ0v) is 14.7. The van der Waals surface area contributed by atoms with Crippen molar-refractivity contribution < 1.29 is 30.0 Å². The highest BCUT2D eigenvalue weighted by molar-refractivity contribution is 6.31. The van der Waals surface area contributed by atoms with Crippen LogP contribution in [0.1, 0.15) is 16.2 Å². The highest BCUT2D eigenvalue weighted by atomic mass is 35.5. The Balaban J connectivity index is 1.81. The maximum absolute atomic E-state index is 12.5. The highest BCUT2D eigenvalue weighted by Gasteiger charge is 2.57. The fourth-order valence-corrected chi connectivity index (χ4v) is 3.04. The first-order valence-corrected chi connectivity index (χ1v) is 8.39. The largest absolute Gasteiger partial charge is 0.387 e. The molecule has 146 valence electrons. The number of nitrogens with zero attached hydrogens (tertiary/aromatic N) is 2. The lowest BCUT2D eigenvalue weighted by Gasteiger charge is -2.28. The minimum atomic E-state index is -2.54. The van der Waals surface area contributed by atoms with Gasteiger partial charge in [0.1, 0.15) is 18.4 Å². The lowest BCUT2D eigenvalue weighted by molar-refractivity contribution is -0.293. The average molecular weight is 399 g/mol. The van der Waals surface area contributed by atoms with Gasteiger partial charge in [0, 0.05) is 24.0 Å². The molecule has 0 saturated carbocycles. The Morgan fingerprint density at radius 3 is 2.78 bits per heavy atom. The second-order valence-electron chi connectivity index (χ2n) is 6.06. The number of carbonyl (C=O) groups is 1. The summed E-state index contributed by atoms with van der Waals surface area (Å²) in [4.78, 5) is 16.4. The quantitative estimate of drug-likeness (QED) is 0.330. The summed E-state index contributed by atoms with van der Waals surface area (Å²) < 4.78 is 6.01. The first-order valence-electron chi connectivity index (χ1n) is 8.01. The van der Waals surface area contributed by atoms with Crippen molar-refractivity contribution in [2.24, 2.45) is 5.73 Å². The van der Waals surface area contributed by atoms with Crippen molar-refractivity contribution in [3.8, 4) is 0 Å². The molecule has 1 aliphatic rings. The number of imidazole rings is 1. The zero-order valence-electron chi connectivity index (χ0n) is 13.9. The molecule has 0 radical (unpaired) electrons. The van der Waals surface area contributed by atoms with Crippen LogP contribution >= 0.6 is 11.6 Å². The predicted octanol–water partition coefficient (Wildman–Crippen LogP) is -1.53. The van der Waals surface area contributed by atoms with Crippen LogP contribution in [0.15, 0.2) is 36.7 Å². The van der Waals surface area contributed by atoms with E-state index in [9.17, 15) is 25.2 Å². The minimum Gasteiger partial charge on any atom is -0.387 e. The number of nitrogens with two attached hydrogens (primary N) is 1. The molecule has 11 heteroatoms. The Kier molecular flexibility index (Phi) is 5.49. The number of hydrogen-bond donors (Lipinski definition) is 6. The Hall–Kier alpha value is -2.05. The Labute approximate surface area is 158 Å². The number of hydrogen-bond acceptors (Lipinski definition) is 8. The number of halogens is 1. The number of rotatable bonds is 5.